The third-order valence-electron chi connectivity index (χ3n) is 4.94. The SMILES string of the molecule is CCNC(=O)[C@H](CC)N(Cc1ccccc1C)C(=O)Cc1ccccc1C. The fourth-order valence-corrected chi connectivity index (χ4v) is 3.26. The van der Waals surface area contributed by atoms with E-state index in [9.17, 15) is 9.59 Å². The van der Waals surface area contributed by atoms with E-state index in [-0.39, 0.29) is 11.8 Å². The van der Waals surface area contributed by atoms with Gasteiger partial charge < -0.3 is 10.2 Å². The molecule has 1 atom stereocenters. The Bertz CT molecular complexity index is 785. The smallest absolute Gasteiger partial charge is 0.242 e. The van der Waals surface area contributed by atoms with Gasteiger partial charge in [0, 0.05) is 13.1 Å². The zero-order valence-corrected chi connectivity index (χ0v) is 16.8. The van der Waals surface area contributed by atoms with Crippen molar-refractivity contribution in [2.24, 2.45) is 0 Å². The van der Waals surface area contributed by atoms with Crippen LogP contribution in [0.4, 0.5) is 0 Å². The van der Waals surface area contributed by atoms with E-state index in [0.29, 0.717) is 25.9 Å². The van der Waals surface area contributed by atoms with Crippen molar-refractivity contribution in [3.8, 4) is 0 Å². The largest absolute Gasteiger partial charge is 0.355 e. The number of carbonyl (C=O) groups is 2. The average Bonchev–Trinajstić information content (AvgIpc) is 2.65. The topological polar surface area (TPSA) is 49.4 Å². The number of benzene rings is 2. The van der Waals surface area contributed by atoms with Crippen molar-refractivity contribution in [1.29, 1.82) is 0 Å². The monoisotopic (exact) mass is 366 g/mol. The minimum atomic E-state index is -0.471. The van der Waals surface area contributed by atoms with Gasteiger partial charge in [0.25, 0.3) is 0 Å². The second kappa shape index (κ2) is 9.91. The molecule has 0 bridgehead atoms. The van der Waals surface area contributed by atoms with Gasteiger partial charge in [-0.3, -0.25) is 9.59 Å². The highest BCUT2D eigenvalue weighted by molar-refractivity contribution is 5.88. The van der Waals surface area contributed by atoms with Gasteiger partial charge in [0.15, 0.2) is 0 Å². The summed E-state index contributed by atoms with van der Waals surface area (Å²) < 4.78 is 0. The minimum absolute atomic E-state index is 0.0225. The highest BCUT2D eigenvalue weighted by Gasteiger charge is 2.28. The summed E-state index contributed by atoms with van der Waals surface area (Å²) >= 11 is 0. The van der Waals surface area contributed by atoms with Gasteiger partial charge in [-0.25, -0.2) is 0 Å². The Morgan fingerprint density at radius 3 is 2.00 bits per heavy atom. The van der Waals surface area contributed by atoms with E-state index >= 15 is 0 Å². The number of hydrogen-bond acceptors (Lipinski definition) is 2. The third-order valence-corrected chi connectivity index (χ3v) is 4.94. The van der Waals surface area contributed by atoms with E-state index in [0.717, 1.165) is 22.3 Å². The first-order valence-corrected chi connectivity index (χ1v) is 9.64. The Hall–Kier alpha value is -2.62. The maximum atomic E-state index is 13.2. The molecule has 1 N–H and O–H groups in total. The third kappa shape index (κ3) is 5.43. The molecule has 2 aromatic carbocycles. The molecule has 0 heterocycles. The molecule has 0 saturated carbocycles. The van der Waals surface area contributed by atoms with Crippen molar-refractivity contribution in [2.45, 2.75) is 53.1 Å². The van der Waals surface area contributed by atoms with Gasteiger partial charge in [-0.1, -0.05) is 55.5 Å². The number of carbonyl (C=O) groups excluding carboxylic acids is 2. The van der Waals surface area contributed by atoms with Crippen molar-refractivity contribution in [2.75, 3.05) is 6.54 Å². The summed E-state index contributed by atoms with van der Waals surface area (Å²) in [4.78, 5) is 27.6. The number of likely N-dealkylation sites (N-methyl/N-ethyl adjacent to an activating group) is 1. The van der Waals surface area contributed by atoms with Crippen LogP contribution in [-0.4, -0.2) is 29.3 Å². The van der Waals surface area contributed by atoms with Crippen LogP contribution in [0.25, 0.3) is 0 Å². The molecule has 0 radical (unpaired) electrons. The van der Waals surface area contributed by atoms with E-state index in [4.69, 9.17) is 0 Å². The summed E-state index contributed by atoms with van der Waals surface area (Å²) in [7, 11) is 0. The summed E-state index contributed by atoms with van der Waals surface area (Å²) in [6, 6.07) is 15.4. The van der Waals surface area contributed by atoms with Gasteiger partial charge in [0.05, 0.1) is 6.42 Å². The number of amides is 2. The summed E-state index contributed by atoms with van der Waals surface area (Å²) in [5.41, 5.74) is 4.28. The summed E-state index contributed by atoms with van der Waals surface area (Å²) in [6.45, 7) is 8.88. The first kappa shape index (κ1) is 20.7. The number of aryl methyl sites for hydroxylation is 2. The molecule has 0 spiro atoms. The van der Waals surface area contributed by atoms with Crippen LogP contribution < -0.4 is 5.32 Å². The highest BCUT2D eigenvalue weighted by atomic mass is 16.2. The molecular formula is C23H30N2O2. The van der Waals surface area contributed by atoms with Crippen molar-refractivity contribution in [1.82, 2.24) is 10.2 Å². The van der Waals surface area contributed by atoms with Gasteiger partial charge >= 0.3 is 0 Å². The maximum Gasteiger partial charge on any atom is 0.242 e. The van der Waals surface area contributed by atoms with Gasteiger partial charge in [0.2, 0.25) is 11.8 Å². The molecule has 4 nitrogen and oxygen atoms in total. The maximum absolute atomic E-state index is 13.2. The normalized spacial score (nSPS) is 11.7. The van der Waals surface area contributed by atoms with Crippen LogP contribution in [0.2, 0.25) is 0 Å². The van der Waals surface area contributed by atoms with Crippen molar-refractivity contribution >= 4 is 11.8 Å². The lowest BCUT2D eigenvalue weighted by Crippen LogP contribution is -2.49. The molecule has 0 aliphatic heterocycles. The molecule has 0 aliphatic carbocycles. The van der Waals surface area contributed by atoms with E-state index in [2.05, 4.69) is 5.32 Å². The molecule has 2 rings (SSSR count). The number of nitrogens with one attached hydrogen (secondary N) is 1. The second-order valence-corrected chi connectivity index (χ2v) is 6.87. The zero-order chi connectivity index (χ0) is 19.8. The first-order valence-electron chi connectivity index (χ1n) is 9.64. The lowest BCUT2D eigenvalue weighted by Gasteiger charge is -2.31. The van der Waals surface area contributed by atoms with Gasteiger partial charge in [-0.15, -0.1) is 0 Å². The molecule has 4 heteroatoms. The standard InChI is InChI=1S/C23H30N2O2/c1-5-21(23(27)24-6-2)25(16-20-14-10-8-12-18(20)4)22(26)15-19-13-9-7-11-17(19)3/h7-14,21H,5-6,15-16H2,1-4H3,(H,24,27)/t21-/m0/s1. The van der Waals surface area contributed by atoms with Crippen LogP contribution in [0.15, 0.2) is 48.5 Å². The van der Waals surface area contributed by atoms with Crippen molar-refractivity contribution in [3.05, 3.63) is 70.8 Å². The van der Waals surface area contributed by atoms with Crippen LogP contribution in [0.5, 0.6) is 0 Å². The molecule has 0 saturated heterocycles. The Balaban J connectivity index is 2.32. The second-order valence-electron chi connectivity index (χ2n) is 6.87. The van der Waals surface area contributed by atoms with E-state index in [1.165, 1.54) is 0 Å². The molecule has 27 heavy (non-hydrogen) atoms. The first-order chi connectivity index (χ1) is 13.0. The quantitative estimate of drug-likeness (QED) is 0.773. The fourth-order valence-electron chi connectivity index (χ4n) is 3.26. The van der Waals surface area contributed by atoms with Gasteiger partial charge in [0.1, 0.15) is 6.04 Å². The Morgan fingerprint density at radius 2 is 1.48 bits per heavy atom. The number of rotatable bonds is 8. The van der Waals surface area contributed by atoms with Crippen molar-refractivity contribution in [3.63, 3.8) is 0 Å². The van der Waals surface area contributed by atoms with Crippen LogP contribution in [-0.2, 0) is 22.6 Å². The highest BCUT2D eigenvalue weighted by Crippen LogP contribution is 2.18. The Kier molecular flexibility index (Phi) is 7.59. The van der Waals surface area contributed by atoms with E-state index in [1.54, 1.807) is 4.90 Å². The van der Waals surface area contributed by atoms with Crippen molar-refractivity contribution < 1.29 is 9.59 Å². The Morgan fingerprint density at radius 1 is 0.926 bits per heavy atom. The Labute approximate surface area is 162 Å². The van der Waals surface area contributed by atoms with E-state index in [1.807, 2.05) is 76.2 Å². The van der Waals surface area contributed by atoms with Gasteiger partial charge in [-0.2, -0.15) is 0 Å². The predicted octanol–water partition coefficient (Wildman–Crippen LogP) is 3.79. The van der Waals surface area contributed by atoms with E-state index < -0.39 is 6.04 Å². The number of hydrogen-bond donors (Lipinski definition) is 1. The lowest BCUT2D eigenvalue weighted by atomic mass is 10.0. The minimum Gasteiger partial charge on any atom is -0.355 e. The van der Waals surface area contributed by atoms with Crippen LogP contribution >= 0.6 is 0 Å². The van der Waals surface area contributed by atoms with Crippen LogP contribution in [0, 0.1) is 13.8 Å². The molecule has 2 amide bonds. The van der Waals surface area contributed by atoms with Crippen LogP contribution in [0.3, 0.4) is 0 Å². The summed E-state index contributed by atoms with van der Waals surface area (Å²) in [6.07, 6.45) is 0.881. The molecule has 0 aromatic heterocycles. The number of nitrogens with zero attached hydrogens (tertiary/aromatic N) is 1. The van der Waals surface area contributed by atoms with Crippen LogP contribution in [0.1, 0.15) is 42.5 Å². The average molecular weight is 367 g/mol. The molecule has 0 unspecified atom stereocenters. The molecule has 0 fully saturated rings. The summed E-state index contributed by atoms with van der Waals surface area (Å²) in [5.74, 6) is -0.114. The fraction of sp³-hybridized carbons (Fsp3) is 0.391. The zero-order valence-electron chi connectivity index (χ0n) is 16.8. The summed E-state index contributed by atoms with van der Waals surface area (Å²) in [5, 5.41) is 2.87. The molecule has 0 aliphatic rings. The van der Waals surface area contributed by atoms with Gasteiger partial charge in [-0.05, 0) is 49.4 Å². The molecular weight excluding hydrogens is 336 g/mol. The molecule has 2 aromatic rings. The predicted molar refractivity (Wildman–Crippen MR) is 109 cm³/mol. The lowest BCUT2D eigenvalue weighted by molar-refractivity contribution is -0.140. The molecule has 144 valence electrons.